The normalized spacial score (nSPS) is 10.6. The Morgan fingerprint density at radius 1 is 1.24 bits per heavy atom. The standard InChI is InChI=1S/C11H11ClN2O3/c1-14-7-5-9(17-3)8(16-2)4-6(7)13-10(12)11(14)15/h4-5H,1-3H3. The number of halogens is 1. The van der Waals surface area contributed by atoms with Crippen LogP contribution in [-0.4, -0.2) is 23.8 Å². The van der Waals surface area contributed by atoms with E-state index < -0.39 is 0 Å². The average Bonchev–Trinajstić information content (AvgIpc) is 2.34. The first-order valence-corrected chi connectivity index (χ1v) is 5.24. The molecule has 17 heavy (non-hydrogen) atoms. The maximum absolute atomic E-state index is 11.6. The number of nitrogens with zero attached hydrogens (tertiary/aromatic N) is 2. The Kier molecular flexibility index (Phi) is 2.93. The van der Waals surface area contributed by atoms with E-state index in [9.17, 15) is 4.79 Å². The van der Waals surface area contributed by atoms with Crippen molar-refractivity contribution >= 4 is 22.6 Å². The number of ether oxygens (including phenoxy) is 2. The van der Waals surface area contributed by atoms with E-state index in [1.54, 1.807) is 19.2 Å². The Morgan fingerprint density at radius 2 is 1.82 bits per heavy atom. The molecule has 0 fully saturated rings. The van der Waals surface area contributed by atoms with Crippen LogP contribution >= 0.6 is 11.6 Å². The number of methoxy groups -OCH3 is 2. The maximum atomic E-state index is 11.6. The van der Waals surface area contributed by atoms with Crippen LogP contribution in [0.2, 0.25) is 5.15 Å². The summed E-state index contributed by atoms with van der Waals surface area (Å²) in [5, 5.41) is -0.0628. The van der Waals surface area contributed by atoms with Crippen LogP contribution in [0, 0.1) is 0 Å². The molecule has 0 N–H and O–H groups in total. The Bertz CT molecular complexity index is 637. The molecule has 0 aliphatic carbocycles. The lowest BCUT2D eigenvalue weighted by molar-refractivity contribution is 0.355. The van der Waals surface area contributed by atoms with Crippen molar-refractivity contribution in [3.63, 3.8) is 0 Å². The van der Waals surface area contributed by atoms with Crippen molar-refractivity contribution in [1.29, 1.82) is 0 Å². The first-order valence-electron chi connectivity index (χ1n) is 4.86. The van der Waals surface area contributed by atoms with Crippen LogP contribution in [0.3, 0.4) is 0 Å². The molecule has 0 radical (unpaired) electrons. The molecule has 0 saturated heterocycles. The average molecular weight is 255 g/mol. The van der Waals surface area contributed by atoms with Crippen LogP contribution in [-0.2, 0) is 7.05 Å². The van der Waals surface area contributed by atoms with E-state index in [1.807, 2.05) is 0 Å². The molecule has 0 unspecified atom stereocenters. The first kappa shape index (κ1) is 11.7. The molecule has 6 heteroatoms. The fourth-order valence-corrected chi connectivity index (χ4v) is 1.83. The van der Waals surface area contributed by atoms with Gasteiger partial charge in [0.15, 0.2) is 16.7 Å². The summed E-state index contributed by atoms with van der Waals surface area (Å²) in [6.07, 6.45) is 0. The summed E-state index contributed by atoms with van der Waals surface area (Å²) >= 11 is 5.75. The van der Waals surface area contributed by atoms with E-state index in [2.05, 4.69) is 4.98 Å². The molecule has 2 aromatic rings. The maximum Gasteiger partial charge on any atom is 0.288 e. The van der Waals surface area contributed by atoms with E-state index in [4.69, 9.17) is 21.1 Å². The Labute approximate surface area is 103 Å². The van der Waals surface area contributed by atoms with E-state index >= 15 is 0 Å². The summed E-state index contributed by atoms with van der Waals surface area (Å²) in [6.45, 7) is 0. The van der Waals surface area contributed by atoms with Gasteiger partial charge in [-0.15, -0.1) is 0 Å². The number of aryl methyl sites for hydroxylation is 1. The molecular weight excluding hydrogens is 244 g/mol. The van der Waals surface area contributed by atoms with Gasteiger partial charge in [0.2, 0.25) is 0 Å². The summed E-state index contributed by atoms with van der Waals surface area (Å²) in [5.41, 5.74) is 0.873. The van der Waals surface area contributed by atoms with Crippen LogP contribution in [0.5, 0.6) is 11.5 Å². The molecule has 5 nitrogen and oxygen atoms in total. The molecule has 1 aromatic carbocycles. The smallest absolute Gasteiger partial charge is 0.288 e. The SMILES string of the molecule is COc1cc2nc(Cl)c(=O)n(C)c2cc1OC. The Hall–Kier alpha value is -1.75. The molecule has 0 spiro atoms. The van der Waals surface area contributed by atoms with Gasteiger partial charge >= 0.3 is 0 Å². The molecule has 1 heterocycles. The van der Waals surface area contributed by atoms with Gasteiger partial charge < -0.3 is 14.0 Å². The van der Waals surface area contributed by atoms with E-state index in [0.29, 0.717) is 22.5 Å². The summed E-state index contributed by atoms with van der Waals surface area (Å²) in [7, 11) is 4.70. The van der Waals surface area contributed by atoms with Crippen molar-refractivity contribution in [2.45, 2.75) is 0 Å². The predicted molar refractivity (Wildman–Crippen MR) is 65.1 cm³/mol. The number of hydrogen-bond donors (Lipinski definition) is 0. The minimum absolute atomic E-state index is 0.0628. The molecule has 0 aliphatic rings. The van der Waals surface area contributed by atoms with Crippen molar-refractivity contribution in [3.05, 3.63) is 27.6 Å². The second kappa shape index (κ2) is 4.25. The van der Waals surface area contributed by atoms with Gasteiger partial charge in [0, 0.05) is 19.2 Å². The van der Waals surface area contributed by atoms with Gasteiger partial charge in [-0.2, -0.15) is 0 Å². The third-order valence-corrected chi connectivity index (χ3v) is 2.79. The number of benzene rings is 1. The molecule has 90 valence electrons. The first-order chi connectivity index (χ1) is 8.08. The van der Waals surface area contributed by atoms with Crippen molar-refractivity contribution in [2.75, 3.05) is 14.2 Å². The fourth-order valence-electron chi connectivity index (χ4n) is 1.62. The van der Waals surface area contributed by atoms with Crippen LogP contribution < -0.4 is 15.0 Å². The van der Waals surface area contributed by atoms with Gasteiger partial charge in [-0.25, -0.2) is 4.98 Å². The lowest BCUT2D eigenvalue weighted by Crippen LogP contribution is -2.18. The van der Waals surface area contributed by atoms with Gasteiger partial charge in [0.05, 0.1) is 25.3 Å². The van der Waals surface area contributed by atoms with Crippen LogP contribution in [0.4, 0.5) is 0 Å². The third-order valence-electron chi connectivity index (χ3n) is 2.54. The second-order valence-corrected chi connectivity index (χ2v) is 3.82. The van der Waals surface area contributed by atoms with Gasteiger partial charge in [-0.05, 0) is 0 Å². The van der Waals surface area contributed by atoms with Gasteiger partial charge in [-0.1, -0.05) is 11.6 Å². The number of hydrogen-bond acceptors (Lipinski definition) is 4. The monoisotopic (exact) mass is 254 g/mol. The molecule has 0 bridgehead atoms. The van der Waals surface area contributed by atoms with E-state index in [-0.39, 0.29) is 10.7 Å². The number of fused-ring (bicyclic) bond motifs is 1. The van der Waals surface area contributed by atoms with E-state index in [0.717, 1.165) is 0 Å². The highest BCUT2D eigenvalue weighted by Gasteiger charge is 2.11. The van der Waals surface area contributed by atoms with Gasteiger partial charge in [0.25, 0.3) is 5.56 Å². The molecule has 0 saturated carbocycles. The number of aromatic nitrogens is 2. The molecule has 0 amide bonds. The quantitative estimate of drug-likeness (QED) is 0.817. The largest absolute Gasteiger partial charge is 0.493 e. The van der Waals surface area contributed by atoms with Crippen molar-refractivity contribution in [2.24, 2.45) is 7.05 Å². The van der Waals surface area contributed by atoms with Crippen molar-refractivity contribution in [3.8, 4) is 11.5 Å². The van der Waals surface area contributed by atoms with Crippen molar-refractivity contribution < 1.29 is 9.47 Å². The topological polar surface area (TPSA) is 53.3 Å². The molecule has 0 aliphatic heterocycles. The van der Waals surface area contributed by atoms with Crippen LogP contribution in [0.1, 0.15) is 0 Å². The summed E-state index contributed by atoms with van der Waals surface area (Å²) < 4.78 is 11.8. The summed E-state index contributed by atoms with van der Waals surface area (Å²) in [4.78, 5) is 15.6. The Balaban J connectivity index is 2.88. The molecular formula is C11H11ClN2O3. The van der Waals surface area contributed by atoms with Crippen LogP contribution in [0.25, 0.3) is 11.0 Å². The van der Waals surface area contributed by atoms with E-state index in [1.165, 1.54) is 18.8 Å². The number of rotatable bonds is 2. The third kappa shape index (κ3) is 1.82. The molecule has 1 aromatic heterocycles. The minimum atomic E-state index is -0.341. The highest BCUT2D eigenvalue weighted by molar-refractivity contribution is 6.29. The predicted octanol–water partition coefficient (Wildman–Crippen LogP) is 1.60. The zero-order chi connectivity index (χ0) is 12.6. The molecule has 2 rings (SSSR count). The lowest BCUT2D eigenvalue weighted by Gasteiger charge is -2.10. The van der Waals surface area contributed by atoms with Crippen LogP contribution in [0.15, 0.2) is 16.9 Å². The summed E-state index contributed by atoms with van der Waals surface area (Å²) in [5.74, 6) is 1.08. The zero-order valence-corrected chi connectivity index (χ0v) is 10.4. The minimum Gasteiger partial charge on any atom is -0.493 e. The zero-order valence-electron chi connectivity index (χ0n) is 9.65. The molecule has 0 atom stereocenters. The lowest BCUT2D eigenvalue weighted by atomic mass is 10.2. The second-order valence-electron chi connectivity index (χ2n) is 3.46. The summed E-state index contributed by atoms with van der Waals surface area (Å²) in [6, 6.07) is 3.37. The highest BCUT2D eigenvalue weighted by atomic mass is 35.5. The van der Waals surface area contributed by atoms with Crippen molar-refractivity contribution in [1.82, 2.24) is 9.55 Å². The van der Waals surface area contributed by atoms with Gasteiger partial charge in [0.1, 0.15) is 0 Å². The Morgan fingerprint density at radius 3 is 2.41 bits per heavy atom. The van der Waals surface area contributed by atoms with Gasteiger partial charge in [-0.3, -0.25) is 4.79 Å². The fraction of sp³-hybridized carbons (Fsp3) is 0.273. The highest BCUT2D eigenvalue weighted by Crippen LogP contribution is 2.30.